The van der Waals surface area contributed by atoms with E-state index in [4.69, 9.17) is 5.11 Å². The molecule has 1 fully saturated rings. The maximum atomic E-state index is 11.5. The highest BCUT2D eigenvalue weighted by Crippen LogP contribution is 2.10. The summed E-state index contributed by atoms with van der Waals surface area (Å²) >= 11 is 0. The minimum atomic E-state index is -0.313. The first-order valence-corrected chi connectivity index (χ1v) is 5.10. The quantitative estimate of drug-likeness (QED) is 0.769. The maximum Gasteiger partial charge on any atom is 0.223 e. The smallest absolute Gasteiger partial charge is 0.223 e. The van der Waals surface area contributed by atoms with Crippen LogP contribution in [-0.4, -0.2) is 40.1 Å². The molecule has 1 aromatic heterocycles. The van der Waals surface area contributed by atoms with Crippen molar-refractivity contribution in [1.82, 2.24) is 9.88 Å². The minimum absolute atomic E-state index is 0.115. The first-order chi connectivity index (χ1) is 7.25. The lowest BCUT2D eigenvalue weighted by molar-refractivity contribution is -0.141. The van der Waals surface area contributed by atoms with Crippen LogP contribution in [0.25, 0.3) is 0 Å². The Hall–Kier alpha value is -1.42. The van der Waals surface area contributed by atoms with Crippen LogP contribution in [0.2, 0.25) is 0 Å². The van der Waals surface area contributed by atoms with Gasteiger partial charge in [0.25, 0.3) is 0 Å². The monoisotopic (exact) mass is 206 g/mol. The van der Waals surface area contributed by atoms with Crippen LogP contribution in [0.5, 0.6) is 0 Å². The van der Waals surface area contributed by atoms with E-state index in [9.17, 15) is 4.79 Å². The third-order valence-electron chi connectivity index (χ3n) is 2.57. The van der Waals surface area contributed by atoms with Crippen LogP contribution in [-0.2, 0) is 11.2 Å². The van der Waals surface area contributed by atoms with Gasteiger partial charge in [0.1, 0.15) is 0 Å². The van der Waals surface area contributed by atoms with Crippen molar-refractivity contribution in [1.29, 1.82) is 0 Å². The Kier molecular flexibility index (Phi) is 2.97. The molecule has 1 aromatic rings. The largest absolute Gasteiger partial charge is 0.389 e. The molecule has 4 nitrogen and oxygen atoms in total. The number of likely N-dealkylation sites (tertiary alicyclic amines) is 1. The number of aliphatic hydroxyl groups is 1. The van der Waals surface area contributed by atoms with E-state index in [1.54, 1.807) is 17.3 Å². The van der Waals surface area contributed by atoms with Crippen LogP contribution in [0.3, 0.4) is 0 Å². The Bertz CT molecular complexity index is 334. The molecule has 4 heteroatoms. The number of hydrogen-bond donors (Lipinski definition) is 1. The van der Waals surface area contributed by atoms with Crippen molar-refractivity contribution >= 4 is 5.91 Å². The lowest BCUT2D eigenvalue weighted by atomic mass is 10.1. The summed E-state index contributed by atoms with van der Waals surface area (Å²) in [4.78, 5) is 17.2. The highest BCUT2D eigenvalue weighted by atomic mass is 16.3. The molecule has 2 heterocycles. The Labute approximate surface area is 88.6 Å². The van der Waals surface area contributed by atoms with E-state index in [0.29, 0.717) is 19.5 Å². The van der Waals surface area contributed by atoms with Gasteiger partial charge in [-0.15, -0.1) is 0 Å². The lowest BCUT2D eigenvalue weighted by Gasteiger charge is -2.35. The maximum absolute atomic E-state index is 11.5. The van der Waals surface area contributed by atoms with Gasteiger partial charge in [0, 0.05) is 31.9 Å². The number of pyridine rings is 1. The van der Waals surface area contributed by atoms with E-state index < -0.39 is 0 Å². The zero-order chi connectivity index (χ0) is 10.7. The first-order valence-electron chi connectivity index (χ1n) is 5.10. The van der Waals surface area contributed by atoms with Crippen molar-refractivity contribution < 1.29 is 9.90 Å². The van der Waals surface area contributed by atoms with Gasteiger partial charge in [0.2, 0.25) is 5.91 Å². The van der Waals surface area contributed by atoms with Gasteiger partial charge in [-0.3, -0.25) is 9.78 Å². The Morgan fingerprint density at radius 1 is 1.60 bits per heavy atom. The highest BCUT2D eigenvalue weighted by molar-refractivity contribution is 5.77. The van der Waals surface area contributed by atoms with Crippen molar-refractivity contribution in [2.75, 3.05) is 13.1 Å². The third-order valence-corrected chi connectivity index (χ3v) is 2.57. The zero-order valence-electron chi connectivity index (χ0n) is 8.47. The number of aromatic nitrogens is 1. The summed E-state index contributed by atoms with van der Waals surface area (Å²) in [5.41, 5.74) is 1.08. The fourth-order valence-electron chi connectivity index (χ4n) is 1.61. The van der Waals surface area contributed by atoms with Gasteiger partial charge < -0.3 is 10.0 Å². The number of hydrogen-bond acceptors (Lipinski definition) is 3. The summed E-state index contributed by atoms with van der Waals surface area (Å²) in [5.74, 6) is 0.115. The molecule has 0 spiro atoms. The van der Waals surface area contributed by atoms with E-state index in [0.717, 1.165) is 12.0 Å². The lowest BCUT2D eigenvalue weighted by Crippen LogP contribution is -2.53. The van der Waals surface area contributed by atoms with Gasteiger partial charge in [0.05, 0.1) is 6.10 Å². The molecule has 0 aliphatic carbocycles. The summed E-state index contributed by atoms with van der Waals surface area (Å²) in [6.07, 6.45) is 4.40. The molecule has 80 valence electrons. The Balaban J connectivity index is 1.76. The number of β-amino-alcohol motifs (C(OH)–C–C–N with tert-alkyl or cyclic N) is 1. The van der Waals surface area contributed by atoms with E-state index in [1.165, 1.54) is 0 Å². The Morgan fingerprint density at radius 3 is 3.00 bits per heavy atom. The van der Waals surface area contributed by atoms with Crippen LogP contribution in [0.4, 0.5) is 0 Å². The molecule has 1 aliphatic heterocycles. The average molecular weight is 206 g/mol. The summed E-state index contributed by atoms with van der Waals surface area (Å²) in [6.45, 7) is 0.984. The molecule has 15 heavy (non-hydrogen) atoms. The number of aryl methyl sites for hydroxylation is 1. The van der Waals surface area contributed by atoms with Crippen molar-refractivity contribution in [3.8, 4) is 0 Å². The molecule has 2 rings (SSSR count). The minimum Gasteiger partial charge on any atom is -0.389 e. The molecule has 1 amide bonds. The van der Waals surface area contributed by atoms with Crippen LogP contribution in [0, 0.1) is 0 Å². The van der Waals surface area contributed by atoms with Crippen molar-refractivity contribution in [3.63, 3.8) is 0 Å². The predicted molar refractivity (Wildman–Crippen MR) is 55.1 cm³/mol. The third kappa shape index (κ3) is 2.53. The van der Waals surface area contributed by atoms with Gasteiger partial charge in [-0.05, 0) is 18.1 Å². The molecular weight excluding hydrogens is 192 g/mol. The van der Waals surface area contributed by atoms with E-state index in [2.05, 4.69) is 4.98 Å². The van der Waals surface area contributed by atoms with Gasteiger partial charge in [-0.25, -0.2) is 0 Å². The first kappa shape index (κ1) is 10.1. The molecule has 1 N–H and O–H groups in total. The number of amides is 1. The topological polar surface area (TPSA) is 53.4 Å². The normalized spacial score (nSPS) is 16.2. The summed E-state index contributed by atoms with van der Waals surface area (Å²) in [5, 5.41) is 9.05. The summed E-state index contributed by atoms with van der Waals surface area (Å²) < 4.78 is 0. The molecular formula is C11H14N2O2. The second-order valence-electron chi connectivity index (χ2n) is 3.81. The number of rotatable bonds is 3. The number of nitrogens with zero attached hydrogens (tertiary/aromatic N) is 2. The van der Waals surface area contributed by atoms with Gasteiger partial charge in [0.15, 0.2) is 0 Å². The standard InChI is InChI=1S/C11H14N2O2/c14-10-7-13(8-10)11(15)4-3-9-2-1-5-12-6-9/h1-2,5-6,10,14H,3-4,7-8H2. The SMILES string of the molecule is O=C(CCc1cccnc1)N1CC(O)C1. The van der Waals surface area contributed by atoms with Crippen LogP contribution in [0.15, 0.2) is 24.5 Å². The molecule has 1 aliphatic rings. The fourth-order valence-corrected chi connectivity index (χ4v) is 1.61. The van der Waals surface area contributed by atoms with Gasteiger partial charge in [-0.1, -0.05) is 6.07 Å². The second-order valence-corrected chi connectivity index (χ2v) is 3.81. The second kappa shape index (κ2) is 4.40. The van der Waals surface area contributed by atoms with Gasteiger partial charge in [-0.2, -0.15) is 0 Å². The van der Waals surface area contributed by atoms with E-state index in [1.807, 2.05) is 12.1 Å². The number of carbonyl (C=O) groups is 1. The molecule has 0 saturated carbocycles. The predicted octanol–water partition coefficient (Wildman–Crippen LogP) is 0.217. The van der Waals surface area contributed by atoms with Crippen molar-refractivity contribution in [2.24, 2.45) is 0 Å². The number of aliphatic hydroxyl groups excluding tert-OH is 1. The molecule has 0 atom stereocenters. The zero-order valence-corrected chi connectivity index (χ0v) is 8.47. The van der Waals surface area contributed by atoms with E-state index >= 15 is 0 Å². The number of carbonyl (C=O) groups excluding carboxylic acids is 1. The van der Waals surface area contributed by atoms with Crippen LogP contribution in [0.1, 0.15) is 12.0 Å². The molecule has 0 aromatic carbocycles. The summed E-state index contributed by atoms with van der Waals surface area (Å²) in [7, 11) is 0. The van der Waals surface area contributed by atoms with Crippen molar-refractivity contribution in [3.05, 3.63) is 30.1 Å². The van der Waals surface area contributed by atoms with Crippen molar-refractivity contribution in [2.45, 2.75) is 18.9 Å². The molecule has 0 unspecified atom stereocenters. The van der Waals surface area contributed by atoms with E-state index in [-0.39, 0.29) is 12.0 Å². The van der Waals surface area contributed by atoms with Crippen LogP contribution >= 0.6 is 0 Å². The van der Waals surface area contributed by atoms with Crippen LogP contribution < -0.4 is 0 Å². The molecule has 1 saturated heterocycles. The summed E-state index contributed by atoms with van der Waals surface area (Å²) in [6, 6.07) is 3.83. The Morgan fingerprint density at radius 2 is 2.40 bits per heavy atom. The molecule has 0 bridgehead atoms. The fraction of sp³-hybridized carbons (Fsp3) is 0.455. The highest BCUT2D eigenvalue weighted by Gasteiger charge is 2.27. The van der Waals surface area contributed by atoms with Gasteiger partial charge >= 0.3 is 0 Å². The average Bonchev–Trinajstić information content (AvgIpc) is 2.23. The molecule has 0 radical (unpaired) electrons.